The van der Waals surface area contributed by atoms with Crippen LogP contribution in [0.3, 0.4) is 0 Å². The lowest BCUT2D eigenvalue weighted by Gasteiger charge is -2.43. The van der Waals surface area contributed by atoms with Crippen LogP contribution in [0.25, 0.3) is 6.08 Å². The highest BCUT2D eigenvalue weighted by Crippen LogP contribution is 2.54. The lowest BCUT2D eigenvalue weighted by Crippen LogP contribution is -2.46. The first kappa shape index (κ1) is 26.5. The normalized spacial score (nSPS) is 23.3. The topological polar surface area (TPSA) is 99.2 Å². The summed E-state index contributed by atoms with van der Waals surface area (Å²) in [5.74, 6) is 3.20. The van der Waals surface area contributed by atoms with Crippen LogP contribution in [0.2, 0.25) is 0 Å². The molecule has 204 valence electrons. The van der Waals surface area contributed by atoms with Crippen LogP contribution in [0.5, 0.6) is 23.0 Å². The molecule has 1 saturated heterocycles. The molecular weight excluding hydrogens is 494 g/mol. The van der Waals surface area contributed by atoms with E-state index in [-0.39, 0.29) is 18.0 Å². The van der Waals surface area contributed by atoms with Crippen molar-refractivity contribution in [1.29, 1.82) is 5.26 Å². The predicted octanol–water partition coefficient (Wildman–Crippen LogP) is 5.12. The van der Waals surface area contributed by atoms with Gasteiger partial charge in [-0.15, -0.1) is 0 Å². The van der Waals surface area contributed by atoms with Crippen molar-refractivity contribution in [1.82, 2.24) is 4.90 Å². The van der Waals surface area contributed by atoms with Crippen molar-refractivity contribution in [2.24, 2.45) is 5.73 Å². The number of nitrogens with two attached hydrogens (primary N) is 1. The monoisotopic (exact) mass is 529 g/mol. The molecule has 1 fully saturated rings. The third-order valence-electron chi connectivity index (χ3n) is 7.93. The van der Waals surface area contributed by atoms with E-state index in [4.69, 9.17) is 29.4 Å². The highest BCUT2D eigenvalue weighted by atomic mass is 16.5. The van der Waals surface area contributed by atoms with Gasteiger partial charge >= 0.3 is 0 Å². The highest BCUT2D eigenvalue weighted by Gasteiger charge is 2.50. The fraction of sp³-hybridized carbons (Fsp3) is 0.387. The maximum Gasteiger partial charge on any atom is 0.205 e. The van der Waals surface area contributed by atoms with Crippen LogP contribution in [-0.4, -0.2) is 52.0 Å². The fourth-order valence-corrected chi connectivity index (χ4v) is 6.27. The molecule has 2 aromatic carbocycles. The molecule has 3 aliphatic rings. The molecule has 2 N–H and O–H groups in total. The smallest absolute Gasteiger partial charge is 0.205 e. The summed E-state index contributed by atoms with van der Waals surface area (Å²) in [6.45, 7) is 3.11. The number of nitrogens with zero attached hydrogens (tertiary/aromatic N) is 2. The van der Waals surface area contributed by atoms with E-state index in [1.807, 2.05) is 36.4 Å². The highest BCUT2D eigenvalue weighted by molar-refractivity contribution is 5.70. The van der Waals surface area contributed by atoms with Crippen LogP contribution in [0, 0.1) is 11.3 Å². The summed E-state index contributed by atoms with van der Waals surface area (Å²) in [6.07, 6.45) is 5.03. The Morgan fingerprint density at radius 1 is 0.974 bits per heavy atom. The largest absolute Gasteiger partial charge is 0.497 e. The van der Waals surface area contributed by atoms with Gasteiger partial charge in [-0.25, -0.2) is 0 Å². The van der Waals surface area contributed by atoms with Gasteiger partial charge in [-0.2, -0.15) is 5.26 Å². The number of hydrogen-bond acceptors (Lipinski definition) is 8. The van der Waals surface area contributed by atoms with Crippen LogP contribution >= 0.6 is 0 Å². The van der Waals surface area contributed by atoms with E-state index in [1.54, 1.807) is 28.4 Å². The average Bonchev–Trinajstić information content (AvgIpc) is 3.30. The van der Waals surface area contributed by atoms with E-state index in [9.17, 15) is 5.26 Å². The zero-order valence-corrected chi connectivity index (χ0v) is 23.1. The Labute approximate surface area is 229 Å². The predicted molar refractivity (Wildman–Crippen MR) is 149 cm³/mol. The number of hydrogen-bond donors (Lipinski definition) is 1. The first-order chi connectivity index (χ1) is 19.0. The number of nitriles is 1. The molecule has 2 bridgehead atoms. The van der Waals surface area contributed by atoms with Gasteiger partial charge < -0.3 is 29.4 Å². The van der Waals surface area contributed by atoms with Gasteiger partial charge in [-0.05, 0) is 68.3 Å². The molecule has 0 aliphatic carbocycles. The van der Waals surface area contributed by atoms with Crippen molar-refractivity contribution in [3.63, 3.8) is 0 Å². The molecule has 0 amide bonds. The van der Waals surface area contributed by atoms with Crippen LogP contribution in [-0.2, 0) is 4.74 Å². The van der Waals surface area contributed by atoms with E-state index >= 15 is 0 Å². The first-order valence-electron chi connectivity index (χ1n) is 13.2. The summed E-state index contributed by atoms with van der Waals surface area (Å²) in [4.78, 5) is 2.54. The molecule has 8 nitrogen and oxygen atoms in total. The Bertz CT molecular complexity index is 1400. The standard InChI is InChI=1S/C31H35N3O5/c1-6-13-34-24-9-10-25(34)29-28(22-16-20(36-3)8-12-27(22)38-5)23(17-32)31(33)39-30(29)21(24)15-18-14-19(35-2)7-11-26(18)37-4/h7-8,11-12,14-16,24-25,28H,6,9-10,13,33H2,1-5H3/b21-15+/t24-,25+,28-/m0/s1. The second-order valence-electron chi connectivity index (χ2n) is 9.87. The van der Waals surface area contributed by atoms with E-state index in [2.05, 4.69) is 24.0 Å². The third-order valence-corrected chi connectivity index (χ3v) is 7.93. The van der Waals surface area contributed by atoms with E-state index in [0.717, 1.165) is 65.3 Å². The van der Waals surface area contributed by atoms with Gasteiger partial charge in [-0.3, -0.25) is 4.90 Å². The second kappa shape index (κ2) is 11.0. The van der Waals surface area contributed by atoms with Crippen molar-refractivity contribution in [2.45, 2.75) is 44.2 Å². The minimum absolute atomic E-state index is 0.103. The van der Waals surface area contributed by atoms with E-state index < -0.39 is 5.92 Å². The Kier molecular flexibility index (Phi) is 7.45. The zero-order valence-electron chi connectivity index (χ0n) is 23.1. The third kappa shape index (κ3) is 4.47. The van der Waals surface area contributed by atoms with E-state index in [1.165, 1.54) is 0 Å². The molecular formula is C31H35N3O5. The summed E-state index contributed by atoms with van der Waals surface area (Å²) in [5, 5.41) is 10.3. The number of allylic oxidation sites excluding steroid dienone is 1. The molecule has 39 heavy (non-hydrogen) atoms. The summed E-state index contributed by atoms with van der Waals surface area (Å²) in [6, 6.07) is 14.0. The maximum absolute atomic E-state index is 10.3. The SMILES string of the molecule is CCCN1[C@@H]2CC[C@H]1/C(=C\c1cc(OC)ccc1OC)C1=C2[C@@H](c2cc(OC)ccc2OC)C(C#N)=C(N)O1. The van der Waals surface area contributed by atoms with Gasteiger partial charge in [0.2, 0.25) is 5.88 Å². The van der Waals surface area contributed by atoms with Gasteiger partial charge in [0.15, 0.2) is 0 Å². The van der Waals surface area contributed by atoms with E-state index in [0.29, 0.717) is 17.1 Å². The zero-order chi connectivity index (χ0) is 27.7. The van der Waals surface area contributed by atoms with Gasteiger partial charge in [0.05, 0.1) is 34.4 Å². The van der Waals surface area contributed by atoms with Crippen molar-refractivity contribution in [3.8, 4) is 29.1 Å². The average molecular weight is 530 g/mol. The molecule has 2 aromatic rings. The summed E-state index contributed by atoms with van der Waals surface area (Å²) >= 11 is 0. The number of fused-ring (bicyclic) bond motifs is 3. The molecule has 3 atom stereocenters. The minimum atomic E-state index is -0.442. The Balaban J connectivity index is 1.79. The quantitative estimate of drug-likeness (QED) is 0.503. The van der Waals surface area contributed by atoms with Gasteiger partial charge in [0.25, 0.3) is 0 Å². The van der Waals surface area contributed by atoms with Crippen LogP contribution in [0.4, 0.5) is 0 Å². The molecule has 8 heteroatoms. The Morgan fingerprint density at radius 3 is 2.28 bits per heavy atom. The summed E-state index contributed by atoms with van der Waals surface area (Å²) in [7, 11) is 6.57. The lowest BCUT2D eigenvalue weighted by atomic mass is 9.76. The lowest BCUT2D eigenvalue weighted by molar-refractivity contribution is 0.180. The van der Waals surface area contributed by atoms with Gasteiger partial charge in [-0.1, -0.05) is 6.92 Å². The molecule has 0 radical (unpaired) electrons. The number of ether oxygens (including phenoxy) is 5. The number of benzene rings is 2. The van der Waals surface area contributed by atoms with Gasteiger partial charge in [0, 0.05) is 34.4 Å². The minimum Gasteiger partial charge on any atom is -0.497 e. The molecule has 0 aromatic heterocycles. The maximum atomic E-state index is 10.3. The van der Waals surface area contributed by atoms with Gasteiger partial charge in [0.1, 0.15) is 40.4 Å². The summed E-state index contributed by atoms with van der Waals surface area (Å²) < 4.78 is 28.9. The molecule has 5 rings (SSSR count). The molecule has 0 spiro atoms. The van der Waals surface area contributed by atoms with Crippen LogP contribution in [0.15, 0.2) is 64.8 Å². The van der Waals surface area contributed by atoms with Crippen LogP contribution in [0.1, 0.15) is 43.2 Å². The molecule has 3 aliphatic heterocycles. The van der Waals surface area contributed by atoms with Crippen molar-refractivity contribution < 1.29 is 23.7 Å². The van der Waals surface area contributed by atoms with Crippen LogP contribution < -0.4 is 24.7 Å². The number of rotatable bonds is 8. The van der Waals surface area contributed by atoms with Crippen molar-refractivity contribution in [2.75, 3.05) is 35.0 Å². The summed E-state index contributed by atoms with van der Waals surface area (Å²) in [5.41, 5.74) is 10.6. The first-order valence-corrected chi connectivity index (χ1v) is 13.2. The van der Waals surface area contributed by atoms with Crippen molar-refractivity contribution in [3.05, 3.63) is 75.9 Å². The Hall–Kier alpha value is -4.09. The number of methoxy groups -OCH3 is 4. The fourth-order valence-electron chi connectivity index (χ4n) is 6.27. The van der Waals surface area contributed by atoms with Crippen molar-refractivity contribution >= 4 is 6.08 Å². The molecule has 3 heterocycles. The second-order valence-corrected chi connectivity index (χ2v) is 9.87. The molecule has 0 unspecified atom stereocenters. The Morgan fingerprint density at radius 2 is 1.64 bits per heavy atom. The molecule has 0 saturated carbocycles.